The average molecular weight is 187 g/mol. The second kappa shape index (κ2) is 3.83. The Morgan fingerprint density at radius 2 is 1.86 bits per heavy atom. The number of ether oxygens (including phenoxy) is 1. The summed E-state index contributed by atoms with van der Waals surface area (Å²) in [5.41, 5.74) is 0.881. The first-order chi connectivity index (χ1) is 6.90. The van der Waals surface area contributed by atoms with E-state index >= 15 is 0 Å². The van der Waals surface area contributed by atoms with Crippen molar-refractivity contribution in [3.8, 4) is 17.3 Å². The monoisotopic (exact) mass is 187 g/mol. The minimum Gasteiger partial charge on any atom is -0.481 e. The van der Waals surface area contributed by atoms with Crippen LogP contribution >= 0.6 is 0 Å². The van der Waals surface area contributed by atoms with Crippen LogP contribution in [0.2, 0.25) is 0 Å². The minimum absolute atomic E-state index is 0.588. The highest BCUT2D eigenvalue weighted by molar-refractivity contribution is 5.53. The van der Waals surface area contributed by atoms with Crippen LogP contribution in [0.5, 0.6) is 5.88 Å². The van der Waals surface area contributed by atoms with E-state index in [1.165, 1.54) is 0 Å². The van der Waals surface area contributed by atoms with Gasteiger partial charge >= 0.3 is 0 Å². The van der Waals surface area contributed by atoms with Crippen LogP contribution in [-0.2, 0) is 0 Å². The molecule has 0 saturated heterocycles. The zero-order valence-corrected chi connectivity index (χ0v) is 7.71. The fourth-order valence-corrected chi connectivity index (χ4v) is 1.08. The maximum Gasteiger partial charge on any atom is 0.212 e. The molecule has 0 radical (unpaired) electrons. The molecule has 0 atom stereocenters. The Balaban J connectivity index is 2.34. The molecule has 2 rings (SSSR count). The van der Waals surface area contributed by atoms with Crippen LogP contribution in [0.4, 0.5) is 0 Å². The van der Waals surface area contributed by atoms with E-state index in [1.807, 2.05) is 6.07 Å². The quantitative estimate of drug-likeness (QED) is 0.715. The van der Waals surface area contributed by atoms with Crippen LogP contribution in [0.15, 0.2) is 36.8 Å². The zero-order valence-electron chi connectivity index (χ0n) is 7.71. The van der Waals surface area contributed by atoms with Gasteiger partial charge in [0.1, 0.15) is 0 Å². The Morgan fingerprint density at radius 3 is 2.43 bits per heavy atom. The fourth-order valence-electron chi connectivity index (χ4n) is 1.08. The molecule has 0 N–H and O–H groups in total. The highest BCUT2D eigenvalue weighted by atomic mass is 16.5. The van der Waals surface area contributed by atoms with Gasteiger partial charge in [-0.2, -0.15) is 0 Å². The molecular weight excluding hydrogens is 178 g/mol. The van der Waals surface area contributed by atoms with Crippen LogP contribution in [0, 0.1) is 0 Å². The smallest absolute Gasteiger partial charge is 0.212 e. The van der Waals surface area contributed by atoms with Gasteiger partial charge in [-0.25, -0.2) is 15.0 Å². The maximum atomic E-state index is 4.95. The van der Waals surface area contributed by atoms with Gasteiger partial charge in [0.2, 0.25) is 5.88 Å². The molecular formula is C10H9N3O. The van der Waals surface area contributed by atoms with Gasteiger partial charge < -0.3 is 4.74 Å². The summed E-state index contributed by atoms with van der Waals surface area (Å²) < 4.78 is 4.95. The number of rotatable bonds is 2. The maximum absolute atomic E-state index is 4.95. The summed E-state index contributed by atoms with van der Waals surface area (Å²) in [5, 5.41) is 0. The summed E-state index contributed by atoms with van der Waals surface area (Å²) in [7, 11) is 1.58. The van der Waals surface area contributed by atoms with Crippen LogP contribution in [0.1, 0.15) is 0 Å². The molecule has 0 bridgehead atoms. The lowest BCUT2D eigenvalue weighted by Gasteiger charge is -2.00. The van der Waals surface area contributed by atoms with Crippen LogP contribution in [0.25, 0.3) is 11.4 Å². The van der Waals surface area contributed by atoms with Crippen molar-refractivity contribution < 1.29 is 4.74 Å². The zero-order chi connectivity index (χ0) is 9.80. The Bertz CT molecular complexity index is 399. The number of methoxy groups -OCH3 is 1. The van der Waals surface area contributed by atoms with E-state index in [4.69, 9.17) is 4.74 Å². The lowest BCUT2D eigenvalue weighted by atomic mass is 10.2. The first-order valence-electron chi connectivity index (χ1n) is 4.17. The molecule has 2 aromatic heterocycles. The predicted octanol–water partition coefficient (Wildman–Crippen LogP) is 1.55. The van der Waals surface area contributed by atoms with Gasteiger partial charge in [-0.3, -0.25) is 0 Å². The van der Waals surface area contributed by atoms with E-state index in [9.17, 15) is 0 Å². The molecule has 70 valence electrons. The van der Waals surface area contributed by atoms with E-state index in [-0.39, 0.29) is 0 Å². The summed E-state index contributed by atoms with van der Waals surface area (Å²) in [4.78, 5) is 12.3. The van der Waals surface area contributed by atoms with Gasteiger partial charge in [0.05, 0.1) is 7.11 Å². The van der Waals surface area contributed by atoms with Gasteiger partial charge in [0, 0.05) is 30.2 Å². The molecule has 0 spiro atoms. The van der Waals surface area contributed by atoms with Gasteiger partial charge in [-0.15, -0.1) is 0 Å². The molecule has 0 saturated carbocycles. The summed E-state index contributed by atoms with van der Waals surface area (Å²) in [6.07, 6.45) is 5.09. The van der Waals surface area contributed by atoms with Crippen LogP contribution in [0.3, 0.4) is 0 Å². The van der Waals surface area contributed by atoms with Crippen molar-refractivity contribution in [2.45, 2.75) is 0 Å². The number of hydrogen-bond donors (Lipinski definition) is 0. The van der Waals surface area contributed by atoms with Crippen molar-refractivity contribution in [2.75, 3.05) is 7.11 Å². The molecule has 0 aliphatic heterocycles. The van der Waals surface area contributed by atoms with Gasteiger partial charge in [-0.1, -0.05) is 0 Å². The molecule has 0 amide bonds. The molecule has 0 aliphatic rings. The first kappa shape index (κ1) is 8.62. The summed E-state index contributed by atoms with van der Waals surface area (Å²) in [6, 6.07) is 5.44. The second-order valence-corrected chi connectivity index (χ2v) is 2.66. The number of nitrogens with zero attached hydrogens (tertiary/aromatic N) is 3. The average Bonchev–Trinajstić information content (AvgIpc) is 2.30. The number of hydrogen-bond acceptors (Lipinski definition) is 4. The molecule has 0 aromatic carbocycles. The predicted molar refractivity (Wildman–Crippen MR) is 51.8 cm³/mol. The van der Waals surface area contributed by atoms with Gasteiger partial charge in [-0.05, 0) is 12.1 Å². The van der Waals surface area contributed by atoms with Crippen LogP contribution in [-0.4, -0.2) is 22.1 Å². The second-order valence-electron chi connectivity index (χ2n) is 2.66. The van der Waals surface area contributed by atoms with Crippen molar-refractivity contribution in [1.29, 1.82) is 0 Å². The number of pyridine rings is 1. The van der Waals surface area contributed by atoms with Crippen molar-refractivity contribution in [3.63, 3.8) is 0 Å². The third-order valence-corrected chi connectivity index (χ3v) is 1.77. The third-order valence-electron chi connectivity index (χ3n) is 1.77. The Kier molecular flexibility index (Phi) is 2.36. The molecule has 0 fully saturated rings. The molecule has 0 unspecified atom stereocenters. The lowest BCUT2D eigenvalue weighted by Crippen LogP contribution is -1.90. The summed E-state index contributed by atoms with van der Waals surface area (Å²) in [5.74, 6) is 1.26. The molecule has 0 aliphatic carbocycles. The van der Waals surface area contributed by atoms with E-state index in [1.54, 1.807) is 37.8 Å². The highest BCUT2D eigenvalue weighted by Gasteiger charge is 1.99. The van der Waals surface area contributed by atoms with E-state index < -0.39 is 0 Å². The Labute approximate surface area is 81.6 Å². The minimum atomic E-state index is 0.588. The lowest BCUT2D eigenvalue weighted by molar-refractivity contribution is 0.398. The normalized spacial score (nSPS) is 9.79. The SMILES string of the molecule is COc1ccc(-c2ncccn2)cn1. The Hall–Kier alpha value is -1.97. The molecule has 2 heterocycles. The van der Waals surface area contributed by atoms with Crippen LogP contribution < -0.4 is 4.74 Å². The Morgan fingerprint density at radius 1 is 1.07 bits per heavy atom. The van der Waals surface area contributed by atoms with Gasteiger partial charge in [0.25, 0.3) is 0 Å². The van der Waals surface area contributed by atoms with Crippen molar-refractivity contribution >= 4 is 0 Å². The fraction of sp³-hybridized carbons (Fsp3) is 0.100. The topological polar surface area (TPSA) is 47.9 Å². The van der Waals surface area contributed by atoms with Crippen molar-refractivity contribution in [2.24, 2.45) is 0 Å². The summed E-state index contributed by atoms with van der Waals surface area (Å²) >= 11 is 0. The largest absolute Gasteiger partial charge is 0.481 e. The highest BCUT2D eigenvalue weighted by Crippen LogP contribution is 2.14. The molecule has 4 heteroatoms. The molecule has 2 aromatic rings. The molecule has 4 nitrogen and oxygen atoms in total. The van der Waals surface area contributed by atoms with E-state index in [0.717, 1.165) is 5.56 Å². The van der Waals surface area contributed by atoms with Crippen molar-refractivity contribution in [3.05, 3.63) is 36.8 Å². The van der Waals surface area contributed by atoms with E-state index in [0.29, 0.717) is 11.7 Å². The van der Waals surface area contributed by atoms with E-state index in [2.05, 4.69) is 15.0 Å². The van der Waals surface area contributed by atoms with Gasteiger partial charge in [0.15, 0.2) is 5.82 Å². The first-order valence-corrected chi connectivity index (χ1v) is 4.17. The third kappa shape index (κ3) is 1.69. The number of aromatic nitrogens is 3. The summed E-state index contributed by atoms with van der Waals surface area (Å²) in [6.45, 7) is 0. The van der Waals surface area contributed by atoms with Crippen molar-refractivity contribution in [1.82, 2.24) is 15.0 Å². The molecule has 14 heavy (non-hydrogen) atoms. The standard InChI is InChI=1S/C10H9N3O/c1-14-9-4-3-8(7-13-9)10-11-5-2-6-12-10/h2-7H,1H3.